The molecule has 0 unspecified atom stereocenters. The maximum Gasteiger partial charge on any atom is 0.230 e. The van der Waals surface area contributed by atoms with Crippen molar-refractivity contribution in [1.29, 1.82) is 0 Å². The Hall–Kier alpha value is -1.31. The molecule has 0 radical (unpaired) electrons. The first-order valence-electron chi connectivity index (χ1n) is 6.59. The van der Waals surface area contributed by atoms with Crippen molar-refractivity contribution in [3.8, 4) is 0 Å². The summed E-state index contributed by atoms with van der Waals surface area (Å²) in [6, 6.07) is 8.11. The van der Waals surface area contributed by atoms with E-state index in [4.69, 9.17) is 0 Å². The topological polar surface area (TPSA) is 29.1 Å². The van der Waals surface area contributed by atoms with Gasteiger partial charge in [-0.05, 0) is 29.5 Å². The molecule has 0 aliphatic heterocycles. The molecule has 0 saturated heterocycles. The van der Waals surface area contributed by atoms with Gasteiger partial charge in [-0.3, -0.25) is 4.79 Å². The lowest BCUT2D eigenvalue weighted by atomic mass is 9.87. The third-order valence-electron chi connectivity index (χ3n) is 3.51. The fourth-order valence-corrected chi connectivity index (χ4v) is 1.51. The van der Waals surface area contributed by atoms with Crippen LogP contribution in [0, 0.1) is 5.41 Å². The van der Waals surface area contributed by atoms with Gasteiger partial charge in [-0.25, -0.2) is 0 Å². The zero-order valence-corrected chi connectivity index (χ0v) is 12.4. The van der Waals surface area contributed by atoms with Crippen molar-refractivity contribution in [3.63, 3.8) is 0 Å². The van der Waals surface area contributed by atoms with Crippen LogP contribution in [0.3, 0.4) is 0 Å². The van der Waals surface area contributed by atoms with Crippen molar-refractivity contribution in [2.24, 2.45) is 5.41 Å². The largest absolute Gasteiger partial charge is 0.326 e. The quantitative estimate of drug-likeness (QED) is 0.844. The maximum atomic E-state index is 12.0. The van der Waals surface area contributed by atoms with Gasteiger partial charge in [0, 0.05) is 11.1 Å². The van der Waals surface area contributed by atoms with E-state index in [1.54, 1.807) is 0 Å². The summed E-state index contributed by atoms with van der Waals surface area (Å²) in [5, 5.41) is 2.97. The van der Waals surface area contributed by atoms with Gasteiger partial charge in [-0.1, -0.05) is 53.7 Å². The summed E-state index contributed by atoms with van der Waals surface area (Å²) < 4.78 is 0. The number of carbonyl (C=O) groups excluding carboxylic acids is 1. The van der Waals surface area contributed by atoms with Crippen molar-refractivity contribution in [2.45, 2.75) is 53.4 Å². The first-order chi connectivity index (χ1) is 8.16. The molecule has 1 aromatic carbocycles. The normalized spacial score (nSPS) is 12.3. The van der Waals surface area contributed by atoms with Gasteiger partial charge in [0.15, 0.2) is 0 Å². The first kappa shape index (κ1) is 14.7. The van der Waals surface area contributed by atoms with Crippen LogP contribution in [0.1, 0.15) is 53.5 Å². The van der Waals surface area contributed by atoms with Gasteiger partial charge in [-0.15, -0.1) is 0 Å². The molecule has 18 heavy (non-hydrogen) atoms. The number of benzene rings is 1. The molecule has 0 saturated carbocycles. The van der Waals surface area contributed by atoms with E-state index in [1.165, 1.54) is 5.56 Å². The molecule has 0 atom stereocenters. The Balaban J connectivity index is 2.79. The van der Waals surface area contributed by atoms with Crippen molar-refractivity contribution in [2.75, 3.05) is 5.32 Å². The molecule has 2 nitrogen and oxygen atoms in total. The lowest BCUT2D eigenvalue weighted by Crippen LogP contribution is -2.30. The Labute approximate surface area is 111 Å². The Morgan fingerprint density at radius 1 is 1.06 bits per heavy atom. The lowest BCUT2D eigenvalue weighted by Gasteiger charge is -2.22. The van der Waals surface area contributed by atoms with Crippen molar-refractivity contribution >= 4 is 11.6 Å². The summed E-state index contributed by atoms with van der Waals surface area (Å²) in [5.41, 5.74) is 1.97. The van der Waals surface area contributed by atoms with E-state index in [0.717, 1.165) is 12.1 Å². The van der Waals surface area contributed by atoms with Gasteiger partial charge in [-0.2, -0.15) is 0 Å². The summed E-state index contributed by atoms with van der Waals surface area (Å²) in [6.07, 6.45) is 0.832. The molecule has 0 aromatic heterocycles. The van der Waals surface area contributed by atoms with Crippen LogP contribution in [0.25, 0.3) is 0 Å². The van der Waals surface area contributed by atoms with Crippen LogP contribution in [-0.4, -0.2) is 5.91 Å². The highest BCUT2D eigenvalue weighted by molar-refractivity contribution is 5.94. The molecule has 1 amide bonds. The van der Waals surface area contributed by atoms with Crippen molar-refractivity contribution in [1.82, 2.24) is 0 Å². The fourth-order valence-electron chi connectivity index (χ4n) is 1.51. The second kappa shape index (κ2) is 5.13. The molecule has 0 bridgehead atoms. The summed E-state index contributed by atoms with van der Waals surface area (Å²) >= 11 is 0. The van der Waals surface area contributed by atoms with E-state index < -0.39 is 0 Å². The summed E-state index contributed by atoms with van der Waals surface area (Å²) in [4.78, 5) is 12.0. The third-order valence-corrected chi connectivity index (χ3v) is 3.51. The van der Waals surface area contributed by atoms with Gasteiger partial charge >= 0.3 is 0 Å². The molecule has 0 fully saturated rings. The zero-order chi connectivity index (χ0) is 14.0. The molecule has 1 N–H and O–H groups in total. The molecular weight excluding hydrogens is 222 g/mol. The van der Waals surface area contributed by atoms with Gasteiger partial charge in [0.05, 0.1) is 0 Å². The van der Waals surface area contributed by atoms with Gasteiger partial charge in [0.25, 0.3) is 0 Å². The van der Waals surface area contributed by atoms with E-state index in [-0.39, 0.29) is 16.7 Å². The number of amides is 1. The monoisotopic (exact) mass is 247 g/mol. The minimum Gasteiger partial charge on any atom is -0.326 e. The number of carbonyl (C=O) groups is 1. The Kier molecular flexibility index (Phi) is 4.20. The number of rotatable bonds is 3. The molecule has 100 valence electrons. The number of nitrogens with one attached hydrogen (secondary N) is 1. The lowest BCUT2D eigenvalue weighted by molar-refractivity contribution is -0.124. The second-order valence-electron chi connectivity index (χ2n) is 6.52. The SMILES string of the molecule is CCC(C)(C)C(=O)Nc1ccc(C(C)(C)C)cc1. The van der Waals surface area contributed by atoms with E-state index in [9.17, 15) is 4.79 Å². The molecule has 1 rings (SSSR count). The summed E-state index contributed by atoms with van der Waals surface area (Å²) in [6.45, 7) is 12.5. The predicted octanol–water partition coefficient (Wildman–Crippen LogP) is 4.36. The molecular formula is C16H25NO. The average Bonchev–Trinajstić information content (AvgIpc) is 2.28. The standard InChI is InChI=1S/C16H25NO/c1-7-16(5,6)14(18)17-13-10-8-12(9-11-13)15(2,3)4/h8-11H,7H2,1-6H3,(H,17,18). The number of hydrogen-bond acceptors (Lipinski definition) is 1. The number of anilines is 1. The molecule has 0 heterocycles. The Morgan fingerprint density at radius 3 is 1.94 bits per heavy atom. The van der Waals surface area contributed by atoms with Gasteiger partial charge < -0.3 is 5.32 Å². The molecule has 0 aliphatic rings. The fraction of sp³-hybridized carbons (Fsp3) is 0.562. The van der Waals surface area contributed by atoms with Crippen molar-refractivity contribution < 1.29 is 4.79 Å². The van der Waals surface area contributed by atoms with Gasteiger partial charge in [0.1, 0.15) is 0 Å². The highest BCUT2D eigenvalue weighted by atomic mass is 16.2. The molecule has 2 heteroatoms. The van der Waals surface area contributed by atoms with Crippen LogP contribution >= 0.6 is 0 Å². The van der Waals surface area contributed by atoms with E-state index in [0.29, 0.717) is 0 Å². The highest BCUT2D eigenvalue weighted by Gasteiger charge is 2.25. The summed E-state index contributed by atoms with van der Waals surface area (Å²) in [7, 11) is 0. The minimum absolute atomic E-state index is 0.0773. The van der Waals surface area contributed by atoms with E-state index in [2.05, 4.69) is 38.2 Å². The second-order valence-corrected chi connectivity index (χ2v) is 6.52. The maximum absolute atomic E-state index is 12.0. The average molecular weight is 247 g/mol. The van der Waals surface area contributed by atoms with Crippen LogP contribution in [0.15, 0.2) is 24.3 Å². The number of hydrogen-bond donors (Lipinski definition) is 1. The highest BCUT2D eigenvalue weighted by Crippen LogP contribution is 2.25. The molecule has 0 aliphatic carbocycles. The minimum atomic E-state index is -0.317. The van der Waals surface area contributed by atoms with E-state index >= 15 is 0 Å². The van der Waals surface area contributed by atoms with Crippen LogP contribution in [0.5, 0.6) is 0 Å². The smallest absolute Gasteiger partial charge is 0.230 e. The van der Waals surface area contributed by atoms with E-state index in [1.807, 2.05) is 32.9 Å². The molecule has 0 spiro atoms. The van der Waals surface area contributed by atoms with Crippen LogP contribution < -0.4 is 5.32 Å². The van der Waals surface area contributed by atoms with Gasteiger partial charge in [0.2, 0.25) is 5.91 Å². The zero-order valence-electron chi connectivity index (χ0n) is 12.4. The predicted molar refractivity (Wildman–Crippen MR) is 77.8 cm³/mol. The van der Waals surface area contributed by atoms with Crippen LogP contribution in [-0.2, 0) is 10.2 Å². The van der Waals surface area contributed by atoms with Crippen LogP contribution in [0.4, 0.5) is 5.69 Å². The summed E-state index contributed by atoms with van der Waals surface area (Å²) in [5.74, 6) is 0.0773. The van der Waals surface area contributed by atoms with Crippen molar-refractivity contribution in [3.05, 3.63) is 29.8 Å². The third kappa shape index (κ3) is 3.59. The Morgan fingerprint density at radius 2 is 1.56 bits per heavy atom. The first-order valence-corrected chi connectivity index (χ1v) is 6.59. The molecule has 1 aromatic rings. The van der Waals surface area contributed by atoms with Crippen LogP contribution in [0.2, 0.25) is 0 Å². The Bertz CT molecular complexity index is 410.